The fourth-order valence-electron chi connectivity index (χ4n) is 2.24. The van der Waals surface area contributed by atoms with Gasteiger partial charge in [0.25, 0.3) is 0 Å². The number of nitro groups is 1. The Hall–Kier alpha value is -1.97. The molecule has 0 aliphatic heterocycles. The van der Waals surface area contributed by atoms with Crippen LogP contribution in [0.5, 0.6) is 0 Å². The lowest BCUT2D eigenvalue weighted by Gasteiger charge is -2.22. The minimum absolute atomic E-state index is 0.178. The molecule has 0 heterocycles. The van der Waals surface area contributed by atoms with Gasteiger partial charge in [-0.1, -0.05) is 24.3 Å². The molecule has 2 aromatic carbocycles. The van der Waals surface area contributed by atoms with Gasteiger partial charge in [0, 0.05) is 4.92 Å². The van der Waals surface area contributed by atoms with Gasteiger partial charge in [-0.15, -0.1) is 0 Å². The highest BCUT2D eigenvalue weighted by Gasteiger charge is 2.28. The summed E-state index contributed by atoms with van der Waals surface area (Å²) in [5.74, 6) is -0.327. The Balaban J connectivity index is 2.63. The molecule has 0 amide bonds. The summed E-state index contributed by atoms with van der Waals surface area (Å²) in [7, 11) is 0. The van der Waals surface area contributed by atoms with Crippen molar-refractivity contribution in [3.05, 3.63) is 57.9 Å². The summed E-state index contributed by atoms with van der Waals surface area (Å²) in [6.07, 6.45) is 0. The zero-order valence-corrected chi connectivity index (χ0v) is 10.3. The molecule has 18 heavy (non-hydrogen) atoms. The molecule has 0 aromatic heterocycles. The van der Waals surface area contributed by atoms with E-state index in [1.165, 1.54) is 12.1 Å². The third kappa shape index (κ3) is 2.32. The summed E-state index contributed by atoms with van der Waals surface area (Å²) in [5, 5.41) is 12.4. The van der Waals surface area contributed by atoms with E-state index in [0.29, 0.717) is 0 Å². The SMILES string of the molecule is CC(C)(C[N+](=O)[O-])c1cccc2ccc(F)cc12. The van der Waals surface area contributed by atoms with Crippen LogP contribution in [0.3, 0.4) is 0 Å². The number of halogens is 1. The average molecular weight is 247 g/mol. The molecule has 0 aliphatic carbocycles. The van der Waals surface area contributed by atoms with Gasteiger partial charge in [-0.05, 0) is 42.3 Å². The van der Waals surface area contributed by atoms with E-state index in [4.69, 9.17) is 0 Å². The fraction of sp³-hybridized carbons (Fsp3) is 0.286. The summed E-state index contributed by atoms with van der Waals surface area (Å²) in [5.41, 5.74) is 0.174. The molecule has 4 heteroatoms. The van der Waals surface area contributed by atoms with Crippen LogP contribution < -0.4 is 0 Å². The van der Waals surface area contributed by atoms with Crippen molar-refractivity contribution < 1.29 is 9.31 Å². The summed E-state index contributed by atoms with van der Waals surface area (Å²) in [6, 6.07) is 10.1. The molecule has 0 N–H and O–H groups in total. The minimum atomic E-state index is -0.628. The quantitative estimate of drug-likeness (QED) is 0.615. The zero-order valence-electron chi connectivity index (χ0n) is 10.3. The van der Waals surface area contributed by atoms with Gasteiger partial charge in [0.05, 0.1) is 5.41 Å². The molecular formula is C14H14FNO2. The molecule has 94 valence electrons. The molecule has 0 bridgehead atoms. The van der Waals surface area contributed by atoms with Crippen LogP contribution >= 0.6 is 0 Å². The van der Waals surface area contributed by atoms with Crippen molar-refractivity contribution >= 4 is 10.8 Å². The second kappa shape index (κ2) is 4.37. The van der Waals surface area contributed by atoms with Gasteiger partial charge in [0.2, 0.25) is 6.54 Å². The lowest BCUT2D eigenvalue weighted by molar-refractivity contribution is -0.489. The van der Waals surface area contributed by atoms with E-state index < -0.39 is 5.41 Å². The van der Waals surface area contributed by atoms with Crippen molar-refractivity contribution in [3.63, 3.8) is 0 Å². The van der Waals surface area contributed by atoms with Crippen molar-refractivity contribution in [2.24, 2.45) is 0 Å². The topological polar surface area (TPSA) is 43.1 Å². The molecule has 3 nitrogen and oxygen atoms in total. The molecule has 0 aliphatic rings. The molecule has 0 saturated carbocycles. The molecule has 2 rings (SSSR count). The Morgan fingerprint density at radius 3 is 2.67 bits per heavy atom. The molecule has 0 radical (unpaired) electrons. The first-order chi connectivity index (χ1) is 8.40. The summed E-state index contributed by atoms with van der Waals surface area (Å²) in [6.45, 7) is 3.42. The average Bonchev–Trinajstić information content (AvgIpc) is 2.26. The first-order valence-electron chi connectivity index (χ1n) is 5.71. The van der Waals surface area contributed by atoms with Gasteiger partial charge in [0.1, 0.15) is 5.82 Å². The number of hydrogen-bond donors (Lipinski definition) is 0. The van der Waals surface area contributed by atoms with Gasteiger partial charge in [-0.25, -0.2) is 4.39 Å². The van der Waals surface area contributed by atoms with Crippen LogP contribution in [0.25, 0.3) is 10.8 Å². The molecule has 0 saturated heterocycles. The van der Waals surface area contributed by atoms with Gasteiger partial charge >= 0.3 is 0 Å². The monoisotopic (exact) mass is 247 g/mol. The molecular weight excluding hydrogens is 233 g/mol. The first-order valence-corrected chi connectivity index (χ1v) is 5.71. The molecule has 0 atom stereocenters. The number of benzene rings is 2. The predicted octanol–water partition coefficient (Wildman–Crippen LogP) is 3.53. The Morgan fingerprint density at radius 2 is 2.00 bits per heavy atom. The highest BCUT2D eigenvalue weighted by molar-refractivity contribution is 5.86. The largest absolute Gasteiger partial charge is 0.265 e. The lowest BCUT2D eigenvalue weighted by atomic mass is 9.82. The number of rotatable bonds is 3. The normalized spacial score (nSPS) is 11.7. The van der Waals surface area contributed by atoms with Gasteiger partial charge in [-0.2, -0.15) is 0 Å². The second-order valence-corrected chi connectivity index (χ2v) is 5.05. The molecule has 2 aromatic rings. The minimum Gasteiger partial charge on any atom is -0.265 e. The summed E-state index contributed by atoms with van der Waals surface area (Å²) in [4.78, 5) is 10.4. The molecule has 0 unspecified atom stereocenters. The maximum atomic E-state index is 13.3. The summed E-state index contributed by atoms with van der Waals surface area (Å²) >= 11 is 0. The number of nitrogens with zero attached hydrogens (tertiary/aromatic N) is 1. The van der Waals surface area contributed by atoms with E-state index in [0.717, 1.165) is 16.3 Å². The lowest BCUT2D eigenvalue weighted by Crippen LogP contribution is -2.27. The Morgan fingerprint density at radius 1 is 1.28 bits per heavy atom. The van der Waals surface area contributed by atoms with Crippen molar-refractivity contribution in [1.29, 1.82) is 0 Å². The van der Waals surface area contributed by atoms with E-state index in [9.17, 15) is 14.5 Å². The van der Waals surface area contributed by atoms with Crippen LogP contribution in [0.4, 0.5) is 4.39 Å². The van der Waals surface area contributed by atoms with Crippen molar-refractivity contribution in [2.45, 2.75) is 19.3 Å². The van der Waals surface area contributed by atoms with E-state index in [2.05, 4.69) is 0 Å². The van der Waals surface area contributed by atoms with Crippen LogP contribution in [-0.2, 0) is 5.41 Å². The van der Waals surface area contributed by atoms with Crippen molar-refractivity contribution in [2.75, 3.05) is 6.54 Å². The molecule has 0 spiro atoms. The Labute approximate surface area is 104 Å². The predicted molar refractivity (Wildman–Crippen MR) is 68.8 cm³/mol. The Bertz CT molecular complexity index is 608. The highest BCUT2D eigenvalue weighted by Crippen LogP contribution is 2.30. The van der Waals surface area contributed by atoms with E-state index in [1.807, 2.05) is 18.2 Å². The number of fused-ring (bicyclic) bond motifs is 1. The van der Waals surface area contributed by atoms with Crippen molar-refractivity contribution in [3.8, 4) is 0 Å². The third-order valence-corrected chi connectivity index (χ3v) is 3.10. The maximum absolute atomic E-state index is 13.3. The first kappa shape index (κ1) is 12.5. The van der Waals surface area contributed by atoms with Gasteiger partial charge in [-0.3, -0.25) is 10.1 Å². The van der Waals surface area contributed by atoms with Crippen LogP contribution in [0.2, 0.25) is 0 Å². The number of hydrogen-bond acceptors (Lipinski definition) is 2. The maximum Gasteiger partial charge on any atom is 0.212 e. The Kier molecular flexibility index (Phi) is 3.03. The van der Waals surface area contributed by atoms with Crippen LogP contribution in [0.1, 0.15) is 19.4 Å². The van der Waals surface area contributed by atoms with Crippen LogP contribution in [0.15, 0.2) is 36.4 Å². The van der Waals surface area contributed by atoms with Gasteiger partial charge in [0.15, 0.2) is 0 Å². The third-order valence-electron chi connectivity index (χ3n) is 3.10. The van der Waals surface area contributed by atoms with Gasteiger partial charge < -0.3 is 0 Å². The van der Waals surface area contributed by atoms with Crippen molar-refractivity contribution in [1.82, 2.24) is 0 Å². The second-order valence-electron chi connectivity index (χ2n) is 5.05. The smallest absolute Gasteiger partial charge is 0.212 e. The molecule has 0 fully saturated rings. The van der Waals surface area contributed by atoms with E-state index in [-0.39, 0.29) is 17.3 Å². The standard InChI is InChI=1S/C14H14FNO2/c1-14(2,9-16(17)18)13-5-3-4-10-6-7-11(15)8-12(10)13/h3-8H,9H2,1-2H3. The van der Waals surface area contributed by atoms with E-state index in [1.54, 1.807) is 19.9 Å². The van der Waals surface area contributed by atoms with Crippen LogP contribution in [-0.4, -0.2) is 11.5 Å². The fourth-order valence-corrected chi connectivity index (χ4v) is 2.24. The van der Waals surface area contributed by atoms with Crippen LogP contribution in [0, 0.1) is 15.9 Å². The zero-order chi connectivity index (χ0) is 13.3. The summed E-state index contributed by atoms with van der Waals surface area (Å²) < 4.78 is 13.3. The highest BCUT2D eigenvalue weighted by atomic mass is 19.1. The van der Waals surface area contributed by atoms with E-state index >= 15 is 0 Å².